The predicted molar refractivity (Wildman–Crippen MR) is 58.0 cm³/mol. The van der Waals surface area contributed by atoms with Gasteiger partial charge in [-0.3, -0.25) is 9.98 Å². The molecule has 0 aliphatic heterocycles. The number of carbonyl (C=O) groups is 1. The molecule has 0 atom stereocenters. The van der Waals surface area contributed by atoms with E-state index in [4.69, 9.17) is 5.11 Å². The minimum atomic E-state index is -0.994. The summed E-state index contributed by atoms with van der Waals surface area (Å²) in [6.45, 7) is 3.57. The van der Waals surface area contributed by atoms with Crippen LogP contribution in [0.5, 0.6) is 0 Å². The SMILES string of the molecule is C/C(=C\C(=O)O)N=Cc1cncc(C)c1. The van der Waals surface area contributed by atoms with Crippen LogP contribution >= 0.6 is 0 Å². The van der Waals surface area contributed by atoms with Gasteiger partial charge < -0.3 is 5.11 Å². The number of rotatable bonds is 3. The molecule has 1 N–H and O–H groups in total. The summed E-state index contributed by atoms with van der Waals surface area (Å²) in [5.41, 5.74) is 2.34. The van der Waals surface area contributed by atoms with Crippen LogP contribution < -0.4 is 0 Å². The summed E-state index contributed by atoms with van der Waals surface area (Å²) in [7, 11) is 0. The van der Waals surface area contributed by atoms with Crippen LogP contribution in [-0.4, -0.2) is 22.3 Å². The Morgan fingerprint density at radius 2 is 2.27 bits per heavy atom. The number of allylic oxidation sites excluding steroid dienone is 1. The highest BCUT2D eigenvalue weighted by molar-refractivity contribution is 5.83. The van der Waals surface area contributed by atoms with E-state index < -0.39 is 5.97 Å². The quantitative estimate of drug-likeness (QED) is 0.603. The Labute approximate surface area is 88.0 Å². The maximum Gasteiger partial charge on any atom is 0.330 e. The maximum atomic E-state index is 10.3. The van der Waals surface area contributed by atoms with Gasteiger partial charge in [0.25, 0.3) is 0 Å². The second-order valence-corrected chi connectivity index (χ2v) is 3.18. The van der Waals surface area contributed by atoms with Gasteiger partial charge in [-0.25, -0.2) is 4.79 Å². The first-order valence-electron chi connectivity index (χ1n) is 4.45. The molecule has 4 heteroatoms. The van der Waals surface area contributed by atoms with E-state index in [1.54, 1.807) is 25.5 Å². The average molecular weight is 204 g/mol. The second-order valence-electron chi connectivity index (χ2n) is 3.18. The third kappa shape index (κ3) is 4.17. The van der Waals surface area contributed by atoms with Crippen molar-refractivity contribution in [1.29, 1.82) is 0 Å². The molecule has 0 aliphatic carbocycles. The van der Waals surface area contributed by atoms with Gasteiger partial charge in [-0.05, 0) is 25.5 Å². The van der Waals surface area contributed by atoms with Gasteiger partial charge in [-0.2, -0.15) is 0 Å². The standard InChI is InChI=1S/C11H12N2O2/c1-8-3-10(6-12-5-8)7-13-9(2)4-11(14)15/h3-7H,1-2H3,(H,14,15)/b9-4+,13-7?. The summed E-state index contributed by atoms with van der Waals surface area (Å²) in [5.74, 6) is -0.994. The summed E-state index contributed by atoms with van der Waals surface area (Å²) in [5, 5.41) is 8.46. The van der Waals surface area contributed by atoms with Gasteiger partial charge in [-0.15, -0.1) is 0 Å². The molecular formula is C11H12N2O2. The van der Waals surface area contributed by atoms with Crippen molar-refractivity contribution in [3.8, 4) is 0 Å². The molecule has 1 heterocycles. The van der Waals surface area contributed by atoms with Crippen molar-refractivity contribution in [3.05, 3.63) is 41.4 Å². The molecule has 0 amide bonds. The van der Waals surface area contributed by atoms with Crippen molar-refractivity contribution in [2.75, 3.05) is 0 Å². The highest BCUT2D eigenvalue weighted by Gasteiger charge is 1.92. The summed E-state index contributed by atoms with van der Waals surface area (Å²) in [4.78, 5) is 18.3. The number of aliphatic imine (C=N–C) groups is 1. The van der Waals surface area contributed by atoms with Crippen LogP contribution in [-0.2, 0) is 4.79 Å². The zero-order chi connectivity index (χ0) is 11.3. The van der Waals surface area contributed by atoms with Crippen LogP contribution in [0.1, 0.15) is 18.1 Å². The Hall–Kier alpha value is -1.97. The van der Waals surface area contributed by atoms with E-state index >= 15 is 0 Å². The van der Waals surface area contributed by atoms with Crippen LogP contribution in [0.2, 0.25) is 0 Å². The van der Waals surface area contributed by atoms with Crippen LogP contribution in [0.4, 0.5) is 0 Å². The third-order valence-electron chi connectivity index (χ3n) is 1.65. The number of aromatic nitrogens is 1. The summed E-state index contributed by atoms with van der Waals surface area (Å²) >= 11 is 0. The summed E-state index contributed by atoms with van der Waals surface area (Å²) < 4.78 is 0. The Morgan fingerprint density at radius 3 is 2.87 bits per heavy atom. The van der Waals surface area contributed by atoms with E-state index in [1.807, 2.05) is 13.0 Å². The van der Waals surface area contributed by atoms with E-state index in [9.17, 15) is 4.79 Å². The summed E-state index contributed by atoms with van der Waals surface area (Å²) in [6.07, 6.45) is 6.07. The molecule has 0 fully saturated rings. The van der Waals surface area contributed by atoms with Crippen LogP contribution in [0.3, 0.4) is 0 Å². The van der Waals surface area contributed by atoms with Crippen molar-refractivity contribution < 1.29 is 9.90 Å². The Bertz CT molecular complexity index is 422. The molecule has 0 aliphatic rings. The molecular weight excluding hydrogens is 192 g/mol. The van der Waals surface area contributed by atoms with Crippen LogP contribution in [0.15, 0.2) is 35.2 Å². The number of hydrogen-bond donors (Lipinski definition) is 1. The molecule has 0 saturated heterocycles. The van der Waals surface area contributed by atoms with E-state index in [2.05, 4.69) is 9.98 Å². The molecule has 0 radical (unpaired) electrons. The topological polar surface area (TPSA) is 62.5 Å². The van der Waals surface area contributed by atoms with Gasteiger partial charge in [0, 0.05) is 35.9 Å². The number of aryl methyl sites for hydroxylation is 1. The van der Waals surface area contributed by atoms with Crippen LogP contribution in [0.25, 0.3) is 0 Å². The molecule has 0 spiro atoms. The van der Waals surface area contributed by atoms with E-state index in [-0.39, 0.29) is 0 Å². The lowest BCUT2D eigenvalue weighted by Crippen LogP contribution is -1.89. The Kier molecular flexibility index (Phi) is 3.74. The first-order chi connectivity index (χ1) is 7.08. The van der Waals surface area contributed by atoms with Gasteiger partial charge in [0.1, 0.15) is 0 Å². The van der Waals surface area contributed by atoms with Gasteiger partial charge in [0.15, 0.2) is 0 Å². The van der Waals surface area contributed by atoms with Gasteiger partial charge in [0.2, 0.25) is 0 Å². The maximum absolute atomic E-state index is 10.3. The smallest absolute Gasteiger partial charge is 0.330 e. The van der Waals surface area contributed by atoms with Gasteiger partial charge in [-0.1, -0.05) is 0 Å². The van der Waals surface area contributed by atoms with Gasteiger partial charge in [0.05, 0.1) is 0 Å². The first-order valence-corrected chi connectivity index (χ1v) is 4.45. The molecule has 0 unspecified atom stereocenters. The van der Waals surface area contributed by atoms with Crippen molar-refractivity contribution in [3.63, 3.8) is 0 Å². The third-order valence-corrected chi connectivity index (χ3v) is 1.65. The highest BCUT2D eigenvalue weighted by Crippen LogP contribution is 2.00. The molecule has 0 aromatic carbocycles. The molecule has 1 rings (SSSR count). The molecule has 78 valence electrons. The van der Waals surface area contributed by atoms with E-state index in [0.29, 0.717) is 5.70 Å². The normalized spacial score (nSPS) is 12.0. The molecule has 4 nitrogen and oxygen atoms in total. The lowest BCUT2D eigenvalue weighted by molar-refractivity contribution is -0.131. The van der Waals surface area contributed by atoms with Gasteiger partial charge >= 0.3 is 5.97 Å². The fraction of sp³-hybridized carbons (Fsp3) is 0.182. The van der Waals surface area contributed by atoms with Crippen LogP contribution in [0, 0.1) is 6.92 Å². The number of carboxylic acid groups (broad SMARTS) is 1. The molecule has 15 heavy (non-hydrogen) atoms. The molecule has 1 aromatic rings. The fourth-order valence-corrected chi connectivity index (χ4v) is 1.04. The lowest BCUT2D eigenvalue weighted by Gasteiger charge is -1.94. The van der Waals surface area contributed by atoms with E-state index in [1.165, 1.54) is 0 Å². The largest absolute Gasteiger partial charge is 0.478 e. The minimum Gasteiger partial charge on any atom is -0.478 e. The number of nitrogens with zero attached hydrogens (tertiary/aromatic N) is 2. The van der Waals surface area contributed by atoms with E-state index in [0.717, 1.165) is 17.2 Å². The average Bonchev–Trinajstić information content (AvgIpc) is 2.14. The highest BCUT2D eigenvalue weighted by atomic mass is 16.4. The fourth-order valence-electron chi connectivity index (χ4n) is 1.04. The predicted octanol–water partition coefficient (Wildman–Crippen LogP) is 1.80. The first kappa shape index (κ1) is 11.1. The zero-order valence-electron chi connectivity index (χ0n) is 8.64. The number of carboxylic acids is 1. The number of pyridine rings is 1. The number of aliphatic carboxylic acids is 1. The van der Waals surface area contributed by atoms with Crippen molar-refractivity contribution in [2.24, 2.45) is 4.99 Å². The second kappa shape index (κ2) is 5.05. The van der Waals surface area contributed by atoms with Crippen molar-refractivity contribution in [2.45, 2.75) is 13.8 Å². The Morgan fingerprint density at radius 1 is 1.53 bits per heavy atom. The molecule has 0 saturated carbocycles. The molecule has 0 bridgehead atoms. The molecule has 1 aromatic heterocycles. The Balaban J connectivity index is 2.78. The summed E-state index contributed by atoms with van der Waals surface area (Å²) in [6, 6.07) is 1.92. The minimum absolute atomic E-state index is 0.448. The monoisotopic (exact) mass is 204 g/mol. The number of hydrogen-bond acceptors (Lipinski definition) is 3. The van der Waals surface area contributed by atoms with Crippen molar-refractivity contribution >= 4 is 12.2 Å². The zero-order valence-corrected chi connectivity index (χ0v) is 8.64. The van der Waals surface area contributed by atoms with Crippen molar-refractivity contribution in [1.82, 2.24) is 4.98 Å². The lowest BCUT2D eigenvalue weighted by atomic mass is 10.2.